The van der Waals surface area contributed by atoms with Crippen LogP contribution < -0.4 is 5.32 Å². The molecule has 17 heteroatoms. The van der Waals surface area contributed by atoms with Crippen LogP contribution in [0, 0.1) is 17.8 Å². The van der Waals surface area contributed by atoms with E-state index >= 15 is 0 Å². The lowest BCUT2D eigenvalue weighted by Gasteiger charge is -2.31. The third-order valence-electron chi connectivity index (χ3n) is 4.83. The first kappa shape index (κ1) is 24.4. The van der Waals surface area contributed by atoms with Gasteiger partial charge in [-0.15, -0.1) is 0 Å². The van der Waals surface area contributed by atoms with Crippen molar-refractivity contribution in [1.82, 2.24) is 5.32 Å². The normalized spacial score (nSPS) is 31.4. The summed E-state index contributed by atoms with van der Waals surface area (Å²) < 4.78 is 134. The molecule has 0 spiro atoms. The summed E-state index contributed by atoms with van der Waals surface area (Å²) in [6.45, 7) is 0. The number of aliphatic hydroxyl groups is 1. The molecule has 1 saturated heterocycles. The topological polar surface area (TPSA) is 121 Å². The van der Waals surface area contributed by atoms with Gasteiger partial charge in [0.25, 0.3) is 0 Å². The Labute approximate surface area is 160 Å². The summed E-state index contributed by atoms with van der Waals surface area (Å²) in [5.74, 6) is -16.0. The molecule has 1 heterocycles. The maximum atomic E-state index is 12.2. The number of nitrogens with one attached hydrogen (secondary N) is 1. The third kappa shape index (κ3) is 3.26. The summed E-state index contributed by atoms with van der Waals surface area (Å²) in [6.07, 6.45) is -3.09. The average Bonchev–Trinajstić information content (AvgIpc) is 3.15. The molecule has 1 aliphatic heterocycles. The van der Waals surface area contributed by atoms with Gasteiger partial charge in [-0.05, 0) is 12.3 Å². The first-order chi connectivity index (χ1) is 13.1. The Balaban J connectivity index is 0.000000218. The number of hydrogen-bond acceptors (Lipinski definition) is 5. The van der Waals surface area contributed by atoms with Crippen LogP contribution in [0.3, 0.4) is 0 Å². The van der Waals surface area contributed by atoms with Crippen LogP contribution in [0.1, 0.15) is 6.42 Å². The highest BCUT2D eigenvalue weighted by Crippen LogP contribution is 2.54. The lowest BCUT2D eigenvalue weighted by molar-refractivity contribution is -0.382. The summed E-state index contributed by atoms with van der Waals surface area (Å²) in [6, 6.07) is 0. The van der Waals surface area contributed by atoms with Crippen LogP contribution >= 0.6 is 0 Å². The SMILES string of the molecule is O=C1NC(=O)C2C1C1C=CC2(O)C1.O=S(=O)(O)C(F)(F)C(F)(F)C(F)(F)C(F)(F)F. The number of carbonyl (C=O) groups is 2. The zero-order valence-corrected chi connectivity index (χ0v) is 14.7. The van der Waals surface area contributed by atoms with E-state index in [-0.39, 0.29) is 23.7 Å². The van der Waals surface area contributed by atoms with Gasteiger partial charge in [0.15, 0.2) is 0 Å². The van der Waals surface area contributed by atoms with E-state index in [1.54, 1.807) is 6.08 Å². The van der Waals surface area contributed by atoms with Gasteiger partial charge in [0, 0.05) is 0 Å². The highest BCUT2D eigenvalue weighted by molar-refractivity contribution is 7.87. The van der Waals surface area contributed by atoms with Crippen molar-refractivity contribution in [3.05, 3.63) is 12.2 Å². The van der Waals surface area contributed by atoms with Gasteiger partial charge in [-0.25, -0.2) is 0 Å². The molecule has 2 bridgehead atoms. The molecule has 4 unspecified atom stereocenters. The zero-order valence-electron chi connectivity index (χ0n) is 13.9. The maximum absolute atomic E-state index is 12.2. The standard InChI is InChI=1S/C9H9NO3.C4HF9O3S/c11-7-5-4-1-2-9(13,3-4)6(5)8(12)10-7;5-1(6,3(9,10)11)2(7,8)4(12,13)17(14,15)16/h1-2,4-6,13H,3H2,(H,10,11,12);(H,14,15,16). The van der Waals surface area contributed by atoms with Crippen LogP contribution in [-0.2, 0) is 19.7 Å². The fourth-order valence-electron chi connectivity index (χ4n) is 3.38. The largest absolute Gasteiger partial charge is 0.460 e. The predicted octanol–water partition coefficient (Wildman–Crippen LogP) is 1.50. The second-order valence-corrected chi connectivity index (χ2v) is 8.18. The Bertz CT molecular complexity index is 899. The molecule has 3 N–H and O–H groups in total. The number of alkyl halides is 9. The Morgan fingerprint density at radius 1 is 0.967 bits per heavy atom. The molecular formula is C13H10F9NO6S. The van der Waals surface area contributed by atoms with Crippen molar-refractivity contribution in [2.24, 2.45) is 17.8 Å². The fraction of sp³-hybridized carbons (Fsp3) is 0.692. The first-order valence-corrected chi connectivity index (χ1v) is 8.99. The van der Waals surface area contributed by atoms with Crippen LogP contribution in [0.25, 0.3) is 0 Å². The lowest BCUT2D eigenvalue weighted by atomic mass is 9.83. The molecule has 172 valence electrons. The van der Waals surface area contributed by atoms with Gasteiger partial charge in [-0.3, -0.25) is 19.5 Å². The minimum Gasteiger partial charge on any atom is -0.385 e. The summed E-state index contributed by atoms with van der Waals surface area (Å²) in [5, 5.41) is 5.27. The van der Waals surface area contributed by atoms with Crippen molar-refractivity contribution in [2.75, 3.05) is 0 Å². The molecule has 0 aromatic heterocycles. The van der Waals surface area contributed by atoms with E-state index in [1.807, 2.05) is 6.08 Å². The van der Waals surface area contributed by atoms with Gasteiger partial charge in [0.2, 0.25) is 11.8 Å². The van der Waals surface area contributed by atoms with Gasteiger partial charge in [0.1, 0.15) is 0 Å². The average molecular weight is 479 g/mol. The van der Waals surface area contributed by atoms with Gasteiger partial charge in [-0.2, -0.15) is 47.9 Å². The van der Waals surface area contributed by atoms with Crippen molar-refractivity contribution in [3.8, 4) is 0 Å². The Kier molecular flexibility index (Phi) is 5.33. The van der Waals surface area contributed by atoms with Crippen molar-refractivity contribution >= 4 is 21.9 Å². The Morgan fingerprint density at radius 2 is 1.47 bits per heavy atom. The van der Waals surface area contributed by atoms with Crippen LogP contribution in [0.2, 0.25) is 0 Å². The minimum atomic E-state index is -7.37. The predicted molar refractivity (Wildman–Crippen MR) is 74.8 cm³/mol. The molecule has 2 amide bonds. The number of amides is 2. The molecule has 2 fully saturated rings. The van der Waals surface area contributed by atoms with Gasteiger partial charge in [0.05, 0.1) is 17.4 Å². The van der Waals surface area contributed by atoms with Crippen LogP contribution in [-0.4, -0.2) is 58.8 Å². The summed E-state index contributed by atoms with van der Waals surface area (Å²) in [5.41, 5.74) is -1.05. The van der Waals surface area contributed by atoms with E-state index in [9.17, 15) is 62.6 Å². The maximum Gasteiger partial charge on any atom is 0.460 e. The monoisotopic (exact) mass is 479 g/mol. The van der Waals surface area contributed by atoms with Gasteiger partial charge < -0.3 is 5.11 Å². The van der Waals surface area contributed by atoms with E-state index in [0.29, 0.717) is 6.42 Å². The van der Waals surface area contributed by atoms with Gasteiger partial charge >= 0.3 is 33.4 Å². The van der Waals surface area contributed by atoms with Crippen molar-refractivity contribution in [2.45, 2.75) is 35.3 Å². The smallest absolute Gasteiger partial charge is 0.385 e. The van der Waals surface area contributed by atoms with Crippen LogP contribution in [0.4, 0.5) is 39.5 Å². The molecule has 4 atom stereocenters. The van der Waals surface area contributed by atoms with E-state index in [0.717, 1.165) is 0 Å². The Hall–Kier alpha value is -1.88. The quantitative estimate of drug-likeness (QED) is 0.244. The number of fused-ring (bicyclic) bond motifs is 5. The lowest BCUT2D eigenvalue weighted by Crippen LogP contribution is -2.63. The Morgan fingerprint density at radius 3 is 1.87 bits per heavy atom. The van der Waals surface area contributed by atoms with E-state index < -0.39 is 44.9 Å². The third-order valence-corrected chi connectivity index (χ3v) is 5.73. The van der Waals surface area contributed by atoms with E-state index in [4.69, 9.17) is 4.55 Å². The highest BCUT2D eigenvalue weighted by Gasteiger charge is 2.85. The molecule has 0 aromatic rings. The second-order valence-electron chi connectivity index (χ2n) is 6.71. The zero-order chi connectivity index (χ0) is 23.7. The number of rotatable bonds is 3. The summed E-state index contributed by atoms with van der Waals surface area (Å²) in [7, 11) is -7.17. The van der Waals surface area contributed by atoms with E-state index in [1.165, 1.54) is 0 Å². The molecular weight excluding hydrogens is 469 g/mol. The van der Waals surface area contributed by atoms with Crippen molar-refractivity contribution in [3.63, 3.8) is 0 Å². The number of imide groups is 1. The molecule has 0 aromatic carbocycles. The highest BCUT2D eigenvalue weighted by atomic mass is 32.2. The van der Waals surface area contributed by atoms with Crippen LogP contribution in [0.15, 0.2) is 12.2 Å². The van der Waals surface area contributed by atoms with Gasteiger partial charge in [-0.1, -0.05) is 12.2 Å². The summed E-state index contributed by atoms with van der Waals surface area (Å²) in [4.78, 5) is 22.7. The van der Waals surface area contributed by atoms with Crippen molar-refractivity contribution < 1.29 is 67.2 Å². The molecule has 0 radical (unpaired) electrons. The van der Waals surface area contributed by atoms with Crippen LogP contribution in [0.5, 0.6) is 0 Å². The second kappa shape index (κ2) is 6.56. The molecule has 1 saturated carbocycles. The molecule has 3 rings (SSSR count). The van der Waals surface area contributed by atoms with E-state index in [2.05, 4.69) is 5.32 Å². The number of halogens is 9. The molecule has 7 nitrogen and oxygen atoms in total. The first-order valence-electron chi connectivity index (χ1n) is 7.55. The number of carbonyl (C=O) groups excluding carboxylic acids is 2. The molecule has 3 aliphatic rings. The fourth-order valence-corrected chi connectivity index (χ4v) is 3.83. The van der Waals surface area contributed by atoms with Crippen molar-refractivity contribution in [1.29, 1.82) is 0 Å². The minimum absolute atomic E-state index is 0.0569. The summed E-state index contributed by atoms with van der Waals surface area (Å²) >= 11 is 0. The molecule has 30 heavy (non-hydrogen) atoms. The molecule has 2 aliphatic carbocycles. The number of hydrogen-bond donors (Lipinski definition) is 3. The number of allylic oxidation sites excluding steroid dienone is 1.